The molecule has 0 unspecified atom stereocenters. The first kappa shape index (κ1) is 11.9. The van der Waals surface area contributed by atoms with Crippen LogP contribution in [0.1, 0.15) is 5.56 Å². The molecule has 4 heteroatoms. The van der Waals surface area contributed by atoms with Crippen LogP contribution in [0.5, 0.6) is 0 Å². The fourth-order valence-corrected chi connectivity index (χ4v) is 2.28. The number of rotatable bonds is 2. The summed E-state index contributed by atoms with van der Waals surface area (Å²) in [5, 5.41) is 11.9. The highest BCUT2D eigenvalue weighted by Crippen LogP contribution is 2.31. The Labute approximate surface area is 116 Å². The predicted molar refractivity (Wildman–Crippen MR) is 77.0 cm³/mol. The average Bonchev–Trinajstić information content (AvgIpc) is 2.88. The van der Waals surface area contributed by atoms with Crippen molar-refractivity contribution in [1.29, 1.82) is 0 Å². The maximum Gasteiger partial charge on any atom is 0.121 e. The lowest BCUT2D eigenvalue weighted by molar-refractivity contribution is 0.944. The van der Waals surface area contributed by atoms with Gasteiger partial charge in [0.25, 0.3) is 0 Å². The Hall–Kier alpha value is -2.13. The van der Waals surface area contributed by atoms with Crippen LogP contribution in [0.25, 0.3) is 22.5 Å². The van der Waals surface area contributed by atoms with Crippen LogP contribution in [0.4, 0.5) is 0 Å². The molecule has 0 spiro atoms. The van der Waals surface area contributed by atoms with Gasteiger partial charge in [-0.1, -0.05) is 48.0 Å². The van der Waals surface area contributed by atoms with Crippen molar-refractivity contribution in [2.75, 3.05) is 0 Å². The van der Waals surface area contributed by atoms with Gasteiger partial charge in [0.05, 0.1) is 0 Å². The van der Waals surface area contributed by atoms with Crippen LogP contribution >= 0.6 is 11.6 Å². The topological polar surface area (TPSA) is 41.6 Å². The molecule has 2 aromatic carbocycles. The Morgan fingerprint density at radius 2 is 1.74 bits per heavy atom. The molecule has 0 fully saturated rings. The van der Waals surface area contributed by atoms with Gasteiger partial charge in [0.1, 0.15) is 11.4 Å². The third kappa shape index (κ3) is 2.25. The van der Waals surface area contributed by atoms with E-state index in [1.54, 1.807) is 0 Å². The van der Waals surface area contributed by atoms with Crippen LogP contribution in [0, 0.1) is 6.92 Å². The first-order chi connectivity index (χ1) is 9.25. The number of halogens is 1. The average molecular weight is 270 g/mol. The Balaban J connectivity index is 2.16. The molecule has 1 aromatic heterocycles. The summed E-state index contributed by atoms with van der Waals surface area (Å²) in [6, 6.07) is 15.7. The van der Waals surface area contributed by atoms with Gasteiger partial charge in [-0.15, -0.1) is 0 Å². The lowest BCUT2D eigenvalue weighted by Crippen LogP contribution is -1.87. The van der Waals surface area contributed by atoms with Crippen molar-refractivity contribution in [3.63, 3.8) is 0 Å². The molecule has 19 heavy (non-hydrogen) atoms. The van der Waals surface area contributed by atoms with Gasteiger partial charge in [-0.05, 0) is 24.6 Å². The summed E-state index contributed by atoms with van der Waals surface area (Å²) in [6.07, 6.45) is 0. The van der Waals surface area contributed by atoms with Crippen molar-refractivity contribution in [3.05, 3.63) is 59.1 Å². The molecule has 3 aromatic rings. The SMILES string of the molecule is Cc1ccccc1-c1n[nH]nc1-c1cccc(Cl)c1. The second-order valence-electron chi connectivity index (χ2n) is 4.35. The van der Waals surface area contributed by atoms with Crippen molar-refractivity contribution >= 4 is 11.6 Å². The molecule has 3 nitrogen and oxygen atoms in total. The summed E-state index contributed by atoms with van der Waals surface area (Å²) in [5.74, 6) is 0. The van der Waals surface area contributed by atoms with Crippen LogP contribution in [0.3, 0.4) is 0 Å². The summed E-state index contributed by atoms with van der Waals surface area (Å²) in [4.78, 5) is 0. The van der Waals surface area contributed by atoms with E-state index in [1.807, 2.05) is 42.5 Å². The maximum absolute atomic E-state index is 6.03. The number of aromatic nitrogens is 3. The molecule has 0 radical (unpaired) electrons. The fourth-order valence-electron chi connectivity index (χ4n) is 2.09. The minimum absolute atomic E-state index is 0.691. The number of hydrogen-bond acceptors (Lipinski definition) is 2. The van der Waals surface area contributed by atoms with Crippen LogP contribution in [-0.2, 0) is 0 Å². The highest BCUT2D eigenvalue weighted by molar-refractivity contribution is 6.30. The minimum atomic E-state index is 0.691. The summed E-state index contributed by atoms with van der Waals surface area (Å²) < 4.78 is 0. The van der Waals surface area contributed by atoms with Crippen molar-refractivity contribution in [1.82, 2.24) is 15.4 Å². The first-order valence-electron chi connectivity index (χ1n) is 5.98. The Bertz CT molecular complexity index is 719. The Morgan fingerprint density at radius 3 is 2.53 bits per heavy atom. The van der Waals surface area contributed by atoms with Gasteiger partial charge in [-0.3, -0.25) is 0 Å². The lowest BCUT2D eigenvalue weighted by Gasteiger charge is -2.04. The van der Waals surface area contributed by atoms with Gasteiger partial charge in [-0.25, -0.2) is 0 Å². The van der Waals surface area contributed by atoms with Crippen LogP contribution in [0.2, 0.25) is 5.02 Å². The van der Waals surface area contributed by atoms with Gasteiger partial charge in [-0.2, -0.15) is 15.4 Å². The zero-order valence-electron chi connectivity index (χ0n) is 10.4. The summed E-state index contributed by atoms with van der Waals surface area (Å²) in [7, 11) is 0. The van der Waals surface area contributed by atoms with E-state index < -0.39 is 0 Å². The van der Waals surface area contributed by atoms with Crippen LogP contribution < -0.4 is 0 Å². The Kier molecular flexibility index (Phi) is 3.05. The van der Waals surface area contributed by atoms with E-state index in [2.05, 4.69) is 28.4 Å². The predicted octanol–water partition coefficient (Wildman–Crippen LogP) is 4.10. The molecule has 0 saturated heterocycles. The number of hydrogen-bond donors (Lipinski definition) is 1. The van der Waals surface area contributed by atoms with Crippen molar-refractivity contribution in [2.24, 2.45) is 0 Å². The van der Waals surface area contributed by atoms with E-state index in [9.17, 15) is 0 Å². The first-order valence-corrected chi connectivity index (χ1v) is 6.36. The molecular formula is C15H12ClN3. The molecule has 3 rings (SSSR count). The van der Waals surface area contributed by atoms with E-state index in [0.717, 1.165) is 22.5 Å². The van der Waals surface area contributed by atoms with Crippen molar-refractivity contribution in [2.45, 2.75) is 6.92 Å². The smallest absolute Gasteiger partial charge is 0.121 e. The highest BCUT2D eigenvalue weighted by Gasteiger charge is 2.13. The van der Waals surface area contributed by atoms with Gasteiger partial charge in [0.2, 0.25) is 0 Å². The van der Waals surface area contributed by atoms with Crippen LogP contribution in [0.15, 0.2) is 48.5 Å². The number of aromatic amines is 1. The summed E-state index contributed by atoms with van der Waals surface area (Å²) >= 11 is 6.03. The van der Waals surface area contributed by atoms with E-state index >= 15 is 0 Å². The molecule has 94 valence electrons. The number of H-pyrrole nitrogens is 1. The van der Waals surface area contributed by atoms with Gasteiger partial charge in [0, 0.05) is 16.1 Å². The summed E-state index contributed by atoms with van der Waals surface area (Å²) in [6.45, 7) is 2.06. The highest BCUT2D eigenvalue weighted by atomic mass is 35.5. The maximum atomic E-state index is 6.03. The fraction of sp³-hybridized carbons (Fsp3) is 0.0667. The monoisotopic (exact) mass is 269 g/mol. The van der Waals surface area contributed by atoms with E-state index in [0.29, 0.717) is 5.02 Å². The molecule has 0 saturated carbocycles. The quantitative estimate of drug-likeness (QED) is 0.761. The molecule has 0 aliphatic rings. The van der Waals surface area contributed by atoms with E-state index in [-0.39, 0.29) is 0 Å². The van der Waals surface area contributed by atoms with Gasteiger partial charge < -0.3 is 0 Å². The largest absolute Gasteiger partial charge is 0.197 e. The zero-order chi connectivity index (χ0) is 13.2. The third-order valence-corrected chi connectivity index (χ3v) is 3.28. The molecule has 1 heterocycles. The van der Waals surface area contributed by atoms with Crippen molar-refractivity contribution < 1.29 is 0 Å². The molecule has 0 aliphatic carbocycles. The molecular weight excluding hydrogens is 258 g/mol. The lowest BCUT2D eigenvalue weighted by atomic mass is 10.0. The number of nitrogens with zero attached hydrogens (tertiary/aromatic N) is 2. The van der Waals surface area contributed by atoms with Crippen LogP contribution in [-0.4, -0.2) is 15.4 Å². The summed E-state index contributed by atoms with van der Waals surface area (Å²) in [5.41, 5.74) is 4.86. The number of aryl methyl sites for hydroxylation is 1. The number of nitrogens with one attached hydrogen (secondary N) is 1. The molecule has 0 amide bonds. The van der Waals surface area contributed by atoms with Gasteiger partial charge >= 0.3 is 0 Å². The van der Waals surface area contributed by atoms with E-state index in [1.165, 1.54) is 5.56 Å². The second-order valence-corrected chi connectivity index (χ2v) is 4.78. The van der Waals surface area contributed by atoms with E-state index in [4.69, 9.17) is 11.6 Å². The second kappa shape index (κ2) is 4.86. The van der Waals surface area contributed by atoms with Crippen molar-refractivity contribution in [3.8, 4) is 22.5 Å². The normalized spacial score (nSPS) is 10.6. The standard InChI is InChI=1S/C15H12ClN3/c1-10-5-2-3-8-13(10)15-14(17-19-18-15)11-6-4-7-12(16)9-11/h2-9H,1H3,(H,17,18,19). The minimum Gasteiger partial charge on any atom is -0.197 e. The zero-order valence-corrected chi connectivity index (χ0v) is 11.1. The molecule has 0 aliphatic heterocycles. The van der Waals surface area contributed by atoms with Gasteiger partial charge in [0.15, 0.2) is 0 Å². The Morgan fingerprint density at radius 1 is 0.947 bits per heavy atom. The molecule has 0 atom stereocenters. The molecule has 1 N–H and O–H groups in total. The number of benzene rings is 2. The third-order valence-electron chi connectivity index (χ3n) is 3.05. The molecule has 0 bridgehead atoms.